The zero-order chi connectivity index (χ0) is 21.3. The minimum atomic E-state index is -3.00. The molecule has 0 radical (unpaired) electrons. The van der Waals surface area contributed by atoms with Crippen molar-refractivity contribution in [3.05, 3.63) is 24.3 Å². The Kier molecular flexibility index (Phi) is 6.66. The lowest BCUT2D eigenvalue weighted by Crippen LogP contribution is -2.37. The number of hydrogen-bond donors (Lipinski definition) is 3. The SMILES string of the molecule is CC(O)C1CCN(c2cc(S(=O)[O-])cn3c(C(=N)SC(=N)C(F)F)ncc23)CC1. The summed E-state index contributed by atoms with van der Waals surface area (Å²) in [5.74, 6) is 0.160. The van der Waals surface area contributed by atoms with Crippen LogP contribution in [0.25, 0.3) is 5.52 Å². The number of aliphatic hydroxyl groups is 1. The largest absolute Gasteiger partial charge is 0.768 e. The summed E-state index contributed by atoms with van der Waals surface area (Å²) >= 11 is -2.27. The first kappa shape index (κ1) is 21.8. The predicted octanol–water partition coefficient (Wildman–Crippen LogP) is 2.47. The third kappa shape index (κ3) is 4.65. The number of thioether (sulfide) groups is 1. The molecule has 2 atom stereocenters. The molecule has 158 valence electrons. The summed E-state index contributed by atoms with van der Waals surface area (Å²) in [5.41, 5.74) is 1.15. The molecule has 0 spiro atoms. The van der Waals surface area contributed by atoms with Crippen molar-refractivity contribution < 1.29 is 22.6 Å². The van der Waals surface area contributed by atoms with Gasteiger partial charge in [-0.05, 0) is 54.6 Å². The van der Waals surface area contributed by atoms with Crippen molar-refractivity contribution in [2.45, 2.75) is 37.2 Å². The Morgan fingerprint density at radius 2 is 2.07 bits per heavy atom. The lowest BCUT2D eigenvalue weighted by atomic mass is 9.92. The number of halogens is 2. The molecule has 0 amide bonds. The van der Waals surface area contributed by atoms with E-state index in [-0.39, 0.29) is 33.4 Å². The topological polar surface area (TPSA) is 129 Å². The first-order valence-electron chi connectivity index (χ1n) is 8.85. The number of imidazole rings is 1. The van der Waals surface area contributed by atoms with E-state index < -0.39 is 28.7 Å². The number of aromatic nitrogens is 2. The van der Waals surface area contributed by atoms with Gasteiger partial charge in [-0.2, -0.15) is 0 Å². The van der Waals surface area contributed by atoms with E-state index in [1.54, 1.807) is 6.92 Å². The highest BCUT2D eigenvalue weighted by Gasteiger charge is 2.25. The van der Waals surface area contributed by atoms with Gasteiger partial charge in [-0.15, -0.1) is 0 Å². The van der Waals surface area contributed by atoms with E-state index >= 15 is 0 Å². The fraction of sp³-hybridized carbons (Fsp3) is 0.471. The van der Waals surface area contributed by atoms with Crippen LogP contribution in [0.5, 0.6) is 0 Å². The number of alkyl halides is 2. The normalized spacial score (nSPS) is 17.7. The quantitative estimate of drug-likeness (QED) is 0.369. The average Bonchev–Trinajstić information content (AvgIpc) is 3.11. The average molecular weight is 445 g/mol. The molecule has 0 aromatic carbocycles. The first-order chi connectivity index (χ1) is 13.7. The number of anilines is 1. The van der Waals surface area contributed by atoms with E-state index in [9.17, 15) is 22.6 Å². The molecule has 1 saturated heterocycles. The lowest BCUT2D eigenvalue weighted by Gasteiger charge is -2.35. The third-order valence-corrected chi connectivity index (χ3v) is 6.36. The smallest absolute Gasteiger partial charge is 0.285 e. The summed E-state index contributed by atoms with van der Waals surface area (Å²) in [6, 6.07) is 1.52. The fourth-order valence-corrected chi connectivity index (χ4v) is 4.34. The van der Waals surface area contributed by atoms with Crippen LogP contribution in [0, 0.1) is 16.7 Å². The van der Waals surface area contributed by atoms with Gasteiger partial charge in [0.15, 0.2) is 5.82 Å². The van der Waals surface area contributed by atoms with Gasteiger partial charge in [-0.25, -0.2) is 13.8 Å². The summed E-state index contributed by atoms with van der Waals surface area (Å²) in [7, 11) is 0. The van der Waals surface area contributed by atoms with Gasteiger partial charge in [0, 0.05) is 24.2 Å². The van der Waals surface area contributed by atoms with Crippen LogP contribution in [-0.4, -0.2) is 59.0 Å². The summed E-state index contributed by atoms with van der Waals surface area (Å²) in [6.45, 7) is 2.98. The Labute approximate surface area is 172 Å². The molecule has 0 bridgehead atoms. The van der Waals surface area contributed by atoms with Crippen molar-refractivity contribution in [1.29, 1.82) is 10.8 Å². The Bertz CT molecular complexity index is 958. The van der Waals surface area contributed by atoms with E-state index in [2.05, 4.69) is 4.98 Å². The molecule has 3 heterocycles. The highest BCUT2D eigenvalue weighted by molar-refractivity contribution is 8.26. The minimum absolute atomic E-state index is 0.0113. The van der Waals surface area contributed by atoms with Gasteiger partial charge in [-0.1, -0.05) is 0 Å². The molecule has 0 aliphatic carbocycles. The summed E-state index contributed by atoms with van der Waals surface area (Å²) in [5, 5.41) is 23.7. The predicted molar refractivity (Wildman–Crippen MR) is 107 cm³/mol. The second kappa shape index (κ2) is 8.86. The van der Waals surface area contributed by atoms with Gasteiger partial charge < -0.3 is 14.6 Å². The molecule has 2 aromatic rings. The van der Waals surface area contributed by atoms with Crippen molar-refractivity contribution >= 4 is 44.1 Å². The molecule has 3 N–H and O–H groups in total. The van der Waals surface area contributed by atoms with E-state index in [0.29, 0.717) is 24.3 Å². The number of piperidine rings is 1. The highest BCUT2D eigenvalue weighted by atomic mass is 32.2. The number of nitrogens with one attached hydrogen (secondary N) is 2. The second-order valence-corrected chi connectivity index (χ2v) is 8.79. The van der Waals surface area contributed by atoms with E-state index in [4.69, 9.17) is 10.8 Å². The molecule has 1 fully saturated rings. The number of rotatable bonds is 5. The van der Waals surface area contributed by atoms with Crippen LogP contribution in [0.4, 0.5) is 14.5 Å². The molecule has 1 aliphatic heterocycles. The van der Waals surface area contributed by atoms with E-state index in [1.165, 1.54) is 22.9 Å². The number of fused-ring (bicyclic) bond motifs is 1. The van der Waals surface area contributed by atoms with Crippen molar-refractivity contribution in [3.8, 4) is 0 Å². The third-order valence-electron chi connectivity index (χ3n) is 4.96. The molecular formula is C17H20F2N5O3S2-. The molecule has 3 rings (SSSR count). The van der Waals surface area contributed by atoms with E-state index in [1.807, 2.05) is 4.90 Å². The van der Waals surface area contributed by atoms with E-state index in [0.717, 1.165) is 12.8 Å². The molecule has 2 aromatic heterocycles. The van der Waals surface area contributed by atoms with Gasteiger partial charge in [0.2, 0.25) is 0 Å². The van der Waals surface area contributed by atoms with Gasteiger partial charge >= 0.3 is 0 Å². The Hall–Kier alpha value is -1.89. The monoisotopic (exact) mass is 444 g/mol. The maximum absolute atomic E-state index is 12.6. The van der Waals surface area contributed by atoms with Gasteiger partial charge in [0.1, 0.15) is 10.1 Å². The molecule has 0 saturated carbocycles. The molecule has 12 heteroatoms. The van der Waals surface area contributed by atoms with Crippen molar-refractivity contribution in [1.82, 2.24) is 9.38 Å². The molecule has 1 aliphatic rings. The van der Waals surface area contributed by atoms with Crippen LogP contribution in [0.15, 0.2) is 23.4 Å². The Morgan fingerprint density at radius 3 is 2.62 bits per heavy atom. The van der Waals surface area contributed by atoms with Crippen LogP contribution in [0.1, 0.15) is 25.6 Å². The van der Waals surface area contributed by atoms with Crippen LogP contribution in [0.2, 0.25) is 0 Å². The number of pyridine rings is 1. The maximum Gasteiger partial charge on any atom is 0.285 e. The van der Waals surface area contributed by atoms with Crippen molar-refractivity contribution in [3.63, 3.8) is 0 Å². The number of hydrogen-bond acceptors (Lipinski definition) is 8. The summed E-state index contributed by atoms with van der Waals surface area (Å²) < 4.78 is 49.9. The summed E-state index contributed by atoms with van der Waals surface area (Å²) in [6.07, 6.45) is 0.821. The van der Waals surface area contributed by atoms with Crippen LogP contribution < -0.4 is 4.90 Å². The van der Waals surface area contributed by atoms with Gasteiger partial charge in [-0.3, -0.25) is 19.4 Å². The first-order valence-corrected chi connectivity index (χ1v) is 10.7. The lowest BCUT2D eigenvalue weighted by molar-refractivity contribution is 0.110. The van der Waals surface area contributed by atoms with Crippen molar-refractivity contribution in [2.75, 3.05) is 18.0 Å². The molecule has 29 heavy (non-hydrogen) atoms. The zero-order valence-corrected chi connectivity index (χ0v) is 17.1. The highest BCUT2D eigenvalue weighted by Crippen LogP contribution is 2.31. The second-order valence-electron chi connectivity index (χ2n) is 6.79. The molecule has 8 nitrogen and oxygen atoms in total. The van der Waals surface area contributed by atoms with Crippen LogP contribution in [0.3, 0.4) is 0 Å². The molecule has 2 unspecified atom stereocenters. The minimum Gasteiger partial charge on any atom is -0.768 e. The Balaban J connectivity index is 1.99. The number of aliphatic hydroxyl groups excluding tert-OH is 1. The Morgan fingerprint density at radius 1 is 1.41 bits per heavy atom. The zero-order valence-electron chi connectivity index (χ0n) is 15.5. The van der Waals surface area contributed by atoms with Crippen LogP contribution in [-0.2, 0) is 11.1 Å². The molecular weight excluding hydrogens is 424 g/mol. The van der Waals surface area contributed by atoms with Gasteiger partial charge in [0.25, 0.3) is 6.43 Å². The summed E-state index contributed by atoms with van der Waals surface area (Å²) in [4.78, 5) is 6.09. The maximum atomic E-state index is 12.6. The van der Waals surface area contributed by atoms with Gasteiger partial charge in [0.05, 0.1) is 23.5 Å². The number of nitrogens with zero attached hydrogens (tertiary/aromatic N) is 3. The standard InChI is InChI=1S/C17H21F2N5O3S2/c1-9(25)10-2-4-23(5-3-10)12-6-11(29(26)27)8-24-13(12)7-22-17(24)16(21)28-15(20)14(18)19/h6-10,14,20-21,25H,2-5H2,1H3,(H,26,27)/p-1. The van der Waals surface area contributed by atoms with Crippen molar-refractivity contribution in [2.24, 2.45) is 5.92 Å². The fourth-order valence-electron chi connectivity index (χ4n) is 3.39. The van der Waals surface area contributed by atoms with Crippen LogP contribution >= 0.6 is 11.8 Å².